The number of nitrogens with one attached hydrogen (secondary N) is 1. The van der Waals surface area contributed by atoms with Crippen LogP contribution in [0.3, 0.4) is 0 Å². The second kappa shape index (κ2) is 7.28. The molecule has 2 aromatic carbocycles. The molecule has 21 heavy (non-hydrogen) atoms. The maximum atomic E-state index is 9.12. The van der Waals surface area contributed by atoms with Crippen LogP contribution in [0.5, 0.6) is 0 Å². The molecule has 0 aliphatic rings. The molecule has 108 valence electrons. The van der Waals surface area contributed by atoms with Crippen LogP contribution < -0.4 is 5.32 Å². The lowest BCUT2D eigenvalue weighted by molar-refractivity contribution is 0.647. The van der Waals surface area contributed by atoms with Crippen LogP contribution in [0, 0.1) is 17.2 Å². The van der Waals surface area contributed by atoms with E-state index in [2.05, 4.69) is 65.4 Å². The van der Waals surface area contributed by atoms with Crippen molar-refractivity contribution in [2.75, 3.05) is 5.32 Å². The molecule has 0 aliphatic carbocycles. The molecule has 0 atom stereocenters. The second-order valence-corrected chi connectivity index (χ2v) is 6.49. The first-order chi connectivity index (χ1) is 10.1. The normalized spacial score (nSPS) is 10.4. The first-order valence-corrected chi connectivity index (χ1v) is 7.89. The Kier molecular flexibility index (Phi) is 5.41. The summed E-state index contributed by atoms with van der Waals surface area (Å²) >= 11 is 3.43. The summed E-state index contributed by atoms with van der Waals surface area (Å²) in [7, 11) is 0. The molecule has 0 aromatic heterocycles. The van der Waals surface area contributed by atoms with Crippen molar-refractivity contribution >= 4 is 21.6 Å². The van der Waals surface area contributed by atoms with Crippen molar-refractivity contribution in [2.24, 2.45) is 5.92 Å². The fourth-order valence-corrected chi connectivity index (χ4v) is 2.58. The summed E-state index contributed by atoms with van der Waals surface area (Å²) in [6.45, 7) is 5.17. The lowest BCUT2D eigenvalue weighted by Crippen LogP contribution is -2.02. The van der Waals surface area contributed by atoms with Crippen molar-refractivity contribution in [3.8, 4) is 6.07 Å². The van der Waals surface area contributed by atoms with E-state index in [0.29, 0.717) is 18.0 Å². The first kappa shape index (κ1) is 15.6. The maximum Gasteiger partial charge on any atom is 0.101 e. The molecule has 0 fully saturated rings. The van der Waals surface area contributed by atoms with Crippen molar-refractivity contribution in [2.45, 2.75) is 26.8 Å². The number of benzene rings is 2. The zero-order valence-electron chi connectivity index (χ0n) is 12.4. The summed E-state index contributed by atoms with van der Waals surface area (Å²) in [4.78, 5) is 0. The van der Waals surface area contributed by atoms with Crippen LogP contribution in [0.15, 0.2) is 46.9 Å². The molecule has 0 aliphatic heterocycles. The highest BCUT2D eigenvalue weighted by Gasteiger charge is 2.03. The molecule has 0 heterocycles. The predicted octanol–water partition coefficient (Wildman–Crippen LogP) is 5.13. The van der Waals surface area contributed by atoms with Gasteiger partial charge in [0.15, 0.2) is 0 Å². The quantitative estimate of drug-likeness (QED) is 0.817. The topological polar surface area (TPSA) is 35.8 Å². The minimum absolute atomic E-state index is 0.662. The average molecular weight is 343 g/mol. The van der Waals surface area contributed by atoms with Gasteiger partial charge in [-0.1, -0.05) is 54.0 Å². The predicted molar refractivity (Wildman–Crippen MR) is 91.2 cm³/mol. The van der Waals surface area contributed by atoms with E-state index in [-0.39, 0.29) is 0 Å². The van der Waals surface area contributed by atoms with Crippen LogP contribution in [0.2, 0.25) is 0 Å². The minimum Gasteiger partial charge on any atom is -0.380 e. The van der Waals surface area contributed by atoms with Crippen molar-refractivity contribution in [1.29, 1.82) is 5.26 Å². The number of hydrogen-bond acceptors (Lipinski definition) is 2. The third-order valence-corrected chi connectivity index (χ3v) is 3.75. The van der Waals surface area contributed by atoms with Gasteiger partial charge in [-0.15, -0.1) is 0 Å². The van der Waals surface area contributed by atoms with Gasteiger partial charge in [0.2, 0.25) is 0 Å². The van der Waals surface area contributed by atoms with Gasteiger partial charge in [0.25, 0.3) is 0 Å². The first-order valence-electron chi connectivity index (χ1n) is 7.10. The van der Waals surface area contributed by atoms with Crippen molar-refractivity contribution in [3.63, 3.8) is 0 Å². The lowest BCUT2D eigenvalue weighted by Gasteiger charge is -2.10. The van der Waals surface area contributed by atoms with Gasteiger partial charge < -0.3 is 5.32 Å². The number of nitrogens with zero attached hydrogens (tertiary/aromatic N) is 1. The Labute approximate surface area is 134 Å². The highest BCUT2D eigenvalue weighted by atomic mass is 79.9. The maximum absolute atomic E-state index is 9.12. The third-order valence-electron chi connectivity index (χ3n) is 3.25. The fourth-order valence-electron chi connectivity index (χ4n) is 2.22. The molecule has 0 spiro atoms. The number of hydrogen-bond donors (Lipinski definition) is 1. The Morgan fingerprint density at radius 2 is 1.76 bits per heavy atom. The standard InChI is InChI=1S/C18H19BrN2/c1-13(2)9-14-3-5-15(6-4-14)12-21-18-10-17(19)8-7-16(18)11-20/h3-8,10,13,21H,9,12H2,1-2H3. The smallest absolute Gasteiger partial charge is 0.101 e. The molecule has 2 rings (SSSR count). The van der Waals surface area contributed by atoms with Crippen LogP contribution in [0.1, 0.15) is 30.5 Å². The minimum atomic E-state index is 0.662. The Balaban J connectivity index is 2.03. The van der Waals surface area contributed by atoms with Gasteiger partial charge in [-0.05, 0) is 41.7 Å². The molecule has 0 radical (unpaired) electrons. The van der Waals surface area contributed by atoms with Crippen LogP contribution in [0.25, 0.3) is 0 Å². The van der Waals surface area contributed by atoms with Crippen LogP contribution in [0.4, 0.5) is 5.69 Å². The van der Waals surface area contributed by atoms with Gasteiger partial charge >= 0.3 is 0 Å². The van der Waals surface area contributed by atoms with Gasteiger partial charge in [0, 0.05) is 11.0 Å². The van der Waals surface area contributed by atoms with E-state index in [1.165, 1.54) is 11.1 Å². The van der Waals surface area contributed by atoms with Crippen molar-refractivity contribution in [3.05, 3.63) is 63.6 Å². The van der Waals surface area contributed by atoms with Crippen LogP contribution >= 0.6 is 15.9 Å². The van der Waals surface area contributed by atoms with Crippen LogP contribution in [-0.4, -0.2) is 0 Å². The molecule has 0 unspecified atom stereocenters. The Morgan fingerprint density at radius 1 is 1.10 bits per heavy atom. The van der Waals surface area contributed by atoms with E-state index < -0.39 is 0 Å². The molecular weight excluding hydrogens is 324 g/mol. The average Bonchev–Trinajstić information content (AvgIpc) is 2.46. The molecule has 0 amide bonds. The molecule has 2 aromatic rings. The van der Waals surface area contributed by atoms with E-state index in [4.69, 9.17) is 5.26 Å². The summed E-state index contributed by atoms with van der Waals surface area (Å²) < 4.78 is 0.969. The molecule has 0 bridgehead atoms. The number of anilines is 1. The molecular formula is C18H19BrN2. The lowest BCUT2D eigenvalue weighted by atomic mass is 10.0. The summed E-state index contributed by atoms with van der Waals surface area (Å²) in [6.07, 6.45) is 1.11. The van der Waals surface area contributed by atoms with E-state index in [9.17, 15) is 0 Å². The zero-order chi connectivity index (χ0) is 15.2. The molecule has 1 N–H and O–H groups in total. The zero-order valence-corrected chi connectivity index (χ0v) is 13.9. The molecule has 3 heteroatoms. The Bertz CT molecular complexity index is 639. The van der Waals surface area contributed by atoms with Crippen molar-refractivity contribution < 1.29 is 0 Å². The second-order valence-electron chi connectivity index (χ2n) is 5.57. The summed E-state index contributed by atoms with van der Waals surface area (Å²) in [6, 6.07) is 16.5. The highest BCUT2D eigenvalue weighted by molar-refractivity contribution is 9.10. The molecule has 0 saturated carbocycles. The van der Waals surface area contributed by atoms with Crippen LogP contribution in [-0.2, 0) is 13.0 Å². The monoisotopic (exact) mass is 342 g/mol. The molecule has 0 saturated heterocycles. The molecule has 2 nitrogen and oxygen atoms in total. The van der Waals surface area contributed by atoms with E-state index in [0.717, 1.165) is 16.6 Å². The van der Waals surface area contributed by atoms with E-state index in [1.807, 2.05) is 18.2 Å². The summed E-state index contributed by atoms with van der Waals surface area (Å²) in [5.74, 6) is 0.675. The SMILES string of the molecule is CC(C)Cc1ccc(CNc2cc(Br)ccc2C#N)cc1. The Hall–Kier alpha value is -1.79. The largest absolute Gasteiger partial charge is 0.380 e. The van der Waals surface area contributed by atoms with E-state index in [1.54, 1.807) is 0 Å². The Morgan fingerprint density at radius 3 is 2.38 bits per heavy atom. The van der Waals surface area contributed by atoms with Gasteiger partial charge in [0.1, 0.15) is 6.07 Å². The number of rotatable bonds is 5. The number of nitriles is 1. The van der Waals surface area contributed by atoms with Crippen molar-refractivity contribution in [1.82, 2.24) is 0 Å². The highest BCUT2D eigenvalue weighted by Crippen LogP contribution is 2.21. The van der Waals surface area contributed by atoms with Gasteiger partial charge in [-0.25, -0.2) is 0 Å². The van der Waals surface area contributed by atoms with Gasteiger partial charge in [-0.3, -0.25) is 0 Å². The van der Waals surface area contributed by atoms with Gasteiger partial charge in [0.05, 0.1) is 11.3 Å². The summed E-state index contributed by atoms with van der Waals surface area (Å²) in [5.41, 5.74) is 4.10. The fraction of sp³-hybridized carbons (Fsp3) is 0.278. The third kappa shape index (κ3) is 4.61. The van der Waals surface area contributed by atoms with Gasteiger partial charge in [-0.2, -0.15) is 5.26 Å². The van der Waals surface area contributed by atoms with E-state index >= 15 is 0 Å². The number of halogens is 1. The summed E-state index contributed by atoms with van der Waals surface area (Å²) in [5, 5.41) is 12.5.